The summed E-state index contributed by atoms with van der Waals surface area (Å²) in [5.74, 6) is 0.429. The van der Waals surface area contributed by atoms with Gasteiger partial charge >= 0.3 is 5.97 Å². The van der Waals surface area contributed by atoms with E-state index in [1.165, 1.54) is 11.8 Å². The van der Waals surface area contributed by atoms with E-state index in [1.54, 1.807) is 23.6 Å². The minimum Gasteiger partial charge on any atom is -0.497 e. The average molecular weight is 405 g/mol. The average Bonchev–Trinajstić information content (AvgIpc) is 3.21. The summed E-state index contributed by atoms with van der Waals surface area (Å²) in [6.45, 7) is 2.64. The Morgan fingerprint density at radius 2 is 2.04 bits per heavy atom. The molecule has 0 aliphatic carbocycles. The Labute approximate surface area is 167 Å². The van der Waals surface area contributed by atoms with Crippen LogP contribution in [0.1, 0.15) is 26.2 Å². The first-order valence-electron chi connectivity index (χ1n) is 9.15. The number of piperidine rings is 1. The van der Waals surface area contributed by atoms with Gasteiger partial charge in [0.1, 0.15) is 11.8 Å². The van der Waals surface area contributed by atoms with Gasteiger partial charge in [0.05, 0.1) is 25.2 Å². The summed E-state index contributed by atoms with van der Waals surface area (Å²) in [6, 6.07) is 6.80. The van der Waals surface area contributed by atoms with Crippen LogP contribution < -0.4 is 4.74 Å². The van der Waals surface area contributed by atoms with Gasteiger partial charge in [-0.2, -0.15) is 4.68 Å². The monoisotopic (exact) mass is 405 g/mol. The van der Waals surface area contributed by atoms with Crippen LogP contribution in [0.25, 0.3) is 5.69 Å². The number of thioether (sulfide) groups is 1. The first-order chi connectivity index (χ1) is 13.6. The van der Waals surface area contributed by atoms with Crippen molar-refractivity contribution in [2.75, 3.05) is 26.0 Å². The summed E-state index contributed by atoms with van der Waals surface area (Å²) in [4.78, 5) is 26.5. The summed E-state index contributed by atoms with van der Waals surface area (Å²) in [7, 11) is 1.60. The molecule has 0 radical (unpaired) electrons. The second-order valence-corrected chi connectivity index (χ2v) is 7.15. The second-order valence-electron chi connectivity index (χ2n) is 6.21. The predicted octanol–water partition coefficient (Wildman–Crippen LogP) is 1.71. The van der Waals surface area contributed by atoms with Crippen LogP contribution in [0, 0.1) is 0 Å². The highest BCUT2D eigenvalue weighted by Crippen LogP contribution is 2.23. The van der Waals surface area contributed by atoms with Crippen LogP contribution in [-0.2, 0) is 14.3 Å². The van der Waals surface area contributed by atoms with Gasteiger partial charge in [-0.25, -0.2) is 4.79 Å². The standard InChI is InChI=1S/C18H23N5O4S/c1-3-27-17(25)15-6-4-5-11-22(15)16(24)12-28-18-19-20-21-23(18)13-7-9-14(26-2)10-8-13/h7-10,15H,3-6,11-12H2,1-2H3/t15-/m0/s1. The van der Waals surface area contributed by atoms with Gasteiger partial charge in [0.15, 0.2) is 0 Å². The van der Waals surface area contributed by atoms with Crippen LogP contribution in [0.5, 0.6) is 5.75 Å². The zero-order valence-corrected chi connectivity index (χ0v) is 16.7. The van der Waals surface area contributed by atoms with Crippen molar-refractivity contribution in [2.45, 2.75) is 37.4 Å². The molecule has 0 bridgehead atoms. The Morgan fingerprint density at radius 1 is 1.25 bits per heavy atom. The van der Waals surface area contributed by atoms with E-state index in [4.69, 9.17) is 9.47 Å². The Hall–Kier alpha value is -2.62. The lowest BCUT2D eigenvalue weighted by molar-refractivity contribution is -0.155. The third-order valence-corrected chi connectivity index (χ3v) is 5.37. The van der Waals surface area contributed by atoms with Gasteiger partial charge < -0.3 is 14.4 Å². The van der Waals surface area contributed by atoms with Crippen molar-refractivity contribution in [1.29, 1.82) is 0 Å². The molecule has 1 aliphatic heterocycles. The van der Waals surface area contributed by atoms with Gasteiger partial charge in [0.2, 0.25) is 11.1 Å². The zero-order chi connectivity index (χ0) is 19.9. The highest BCUT2D eigenvalue weighted by Gasteiger charge is 2.33. The molecule has 10 heteroatoms. The number of likely N-dealkylation sites (tertiary alicyclic amines) is 1. The predicted molar refractivity (Wildman–Crippen MR) is 102 cm³/mol. The number of ether oxygens (including phenoxy) is 2. The summed E-state index contributed by atoms with van der Waals surface area (Å²) in [5.41, 5.74) is 0.767. The number of rotatable bonds is 7. The molecular formula is C18H23N5O4S. The molecule has 1 aromatic heterocycles. The van der Waals surface area contributed by atoms with E-state index in [2.05, 4.69) is 15.5 Å². The molecule has 2 aromatic rings. The normalized spacial score (nSPS) is 16.6. The highest BCUT2D eigenvalue weighted by molar-refractivity contribution is 7.99. The van der Waals surface area contributed by atoms with E-state index in [0.29, 0.717) is 24.7 Å². The number of methoxy groups -OCH3 is 1. The Balaban J connectivity index is 1.66. The Bertz CT molecular complexity index is 811. The number of amides is 1. The zero-order valence-electron chi connectivity index (χ0n) is 15.9. The molecule has 2 heterocycles. The number of hydrogen-bond donors (Lipinski definition) is 0. The molecule has 3 rings (SSSR count). The lowest BCUT2D eigenvalue weighted by Crippen LogP contribution is -2.49. The minimum atomic E-state index is -0.501. The number of benzene rings is 1. The topological polar surface area (TPSA) is 99.4 Å². The third kappa shape index (κ3) is 4.61. The molecule has 1 atom stereocenters. The maximum absolute atomic E-state index is 12.7. The quantitative estimate of drug-likeness (QED) is 0.507. The molecule has 1 saturated heterocycles. The van der Waals surface area contributed by atoms with Crippen molar-refractivity contribution < 1.29 is 19.1 Å². The first kappa shape index (κ1) is 20.1. The van der Waals surface area contributed by atoms with Crippen LogP contribution in [0.15, 0.2) is 29.4 Å². The molecule has 9 nitrogen and oxygen atoms in total. The van der Waals surface area contributed by atoms with Gasteiger partial charge in [-0.3, -0.25) is 4.79 Å². The van der Waals surface area contributed by atoms with Gasteiger partial charge in [-0.1, -0.05) is 11.8 Å². The smallest absolute Gasteiger partial charge is 0.328 e. The van der Waals surface area contributed by atoms with Crippen molar-refractivity contribution in [1.82, 2.24) is 25.1 Å². The van der Waals surface area contributed by atoms with E-state index in [-0.39, 0.29) is 17.6 Å². The first-order valence-corrected chi connectivity index (χ1v) is 10.1. The van der Waals surface area contributed by atoms with Crippen LogP contribution >= 0.6 is 11.8 Å². The lowest BCUT2D eigenvalue weighted by Gasteiger charge is -2.33. The number of nitrogens with zero attached hydrogens (tertiary/aromatic N) is 5. The van der Waals surface area contributed by atoms with Crippen molar-refractivity contribution in [2.24, 2.45) is 0 Å². The number of tetrazole rings is 1. The van der Waals surface area contributed by atoms with Gasteiger partial charge in [0.25, 0.3) is 0 Å². The second kappa shape index (κ2) is 9.54. The summed E-state index contributed by atoms with van der Waals surface area (Å²) >= 11 is 1.24. The van der Waals surface area contributed by atoms with Crippen molar-refractivity contribution in [3.05, 3.63) is 24.3 Å². The SMILES string of the molecule is CCOC(=O)[C@@H]1CCCCN1C(=O)CSc1nnnn1-c1ccc(OC)cc1. The van der Waals surface area contributed by atoms with Crippen LogP contribution in [0.4, 0.5) is 0 Å². The lowest BCUT2D eigenvalue weighted by atomic mass is 10.0. The maximum Gasteiger partial charge on any atom is 0.328 e. The van der Waals surface area contributed by atoms with E-state index in [0.717, 1.165) is 24.3 Å². The minimum absolute atomic E-state index is 0.118. The largest absolute Gasteiger partial charge is 0.497 e. The molecule has 1 aliphatic rings. The van der Waals surface area contributed by atoms with Crippen LogP contribution in [-0.4, -0.2) is 69.0 Å². The van der Waals surface area contributed by atoms with Crippen LogP contribution in [0.2, 0.25) is 0 Å². The fourth-order valence-electron chi connectivity index (χ4n) is 3.08. The molecule has 0 N–H and O–H groups in total. The molecular weight excluding hydrogens is 382 g/mol. The Morgan fingerprint density at radius 3 is 2.75 bits per heavy atom. The van der Waals surface area contributed by atoms with Crippen molar-refractivity contribution in [3.63, 3.8) is 0 Å². The number of hydrogen-bond acceptors (Lipinski definition) is 8. The van der Waals surface area contributed by atoms with Gasteiger partial charge in [0, 0.05) is 6.54 Å². The summed E-state index contributed by atoms with van der Waals surface area (Å²) < 4.78 is 11.8. The third-order valence-electron chi connectivity index (χ3n) is 4.46. The number of aromatic nitrogens is 4. The van der Waals surface area contributed by atoms with Gasteiger partial charge in [-0.05, 0) is 60.9 Å². The Kier molecular flexibility index (Phi) is 6.85. The highest BCUT2D eigenvalue weighted by atomic mass is 32.2. The molecule has 150 valence electrons. The number of carbonyl (C=O) groups is 2. The number of carbonyl (C=O) groups excluding carboxylic acids is 2. The molecule has 1 amide bonds. The molecule has 1 aromatic carbocycles. The molecule has 1 fully saturated rings. The molecule has 0 spiro atoms. The van der Waals surface area contributed by atoms with E-state index >= 15 is 0 Å². The molecule has 0 unspecified atom stereocenters. The number of esters is 1. The van der Waals surface area contributed by atoms with Crippen LogP contribution in [0.3, 0.4) is 0 Å². The fourth-order valence-corrected chi connectivity index (χ4v) is 3.85. The summed E-state index contributed by atoms with van der Waals surface area (Å²) in [5, 5.41) is 12.2. The van der Waals surface area contributed by atoms with E-state index in [1.807, 2.05) is 24.3 Å². The van der Waals surface area contributed by atoms with Gasteiger partial charge in [-0.15, -0.1) is 5.10 Å². The molecule has 0 saturated carbocycles. The van der Waals surface area contributed by atoms with Crippen molar-refractivity contribution in [3.8, 4) is 11.4 Å². The fraction of sp³-hybridized carbons (Fsp3) is 0.500. The maximum atomic E-state index is 12.7. The van der Waals surface area contributed by atoms with E-state index in [9.17, 15) is 9.59 Å². The van der Waals surface area contributed by atoms with Crippen molar-refractivity contribution >= 4 is 23.6 Å². The van der Waals surface area contributed by atoms with E-state index < -0.39 is 6.04 Å². The summed E-state index contributed by atoms with van der Waals surface area (Å²) in [6.07, 6.45) is 2.44. The molecule has 28 heavy (non-hydrogen) atoms.